The average Bonchev–Trinajstić information content (AvgIpc) is 2.85. The van der Waals surface area contributed by atoms with E-state index in [-0.39, 0.29) is 24.5 Å². The van der Waals surface area contributed by atoms with Crippen molar-refractivity contribution in [2.24, 2.45) is 0 Å². The largest absolute Gasteiger partial charge is 0.332 e. The summed E-state index contributed by atoms with van der Waals surface area (Å²) in [5.41, 5.74) is -1.60. The molecule has 2 aliphatic heterocycles. The number of amides is 3. The Bertz CT molecular complexity index is 1120. The van der Waals surface area contributed by atoms with Gasteiger partial charge in [-0.25, -0.2) is 9.59 Å². The van der Waals surface area contributed by atoms with Crippen molar-refractivity contribution < 1.29 is 9.59 Å². The van der Waals surface area contributed by atoms with E-state index in [9.17, 15) is 19.2 Å². The molecule has 1 atom stereocenters. The minimum Gasteiger partial charge on any atom is -0.315 e. The summed E-state index contributed by atoms with van der Waals surface area (Å²) >= 11 is 0. The highest BCUT2D eigenvalue weighted by Crippen LogP contribution is 2.45. The zero-order valence-corrected chi connectivity index (χ0v) is 15.2. The monoisotopic (exact) mass is 369 g/mol. The number of rotatable bonds is 2. The molecule has 0 saturated heterocycles. The van der Waals surface area contributed by atoms with Crippen LogP contribution in [-0.2, 0) is 23.4 Å². The predicted molar refractivity (Wildman–Crippen MR) is 99.1 cm³/mol. The van der Waals surface area contributed by atoms with Gasteiger partial charge in [0.05, 0.1) is 5.56 Å². The molecule has 3 heterocycles. The number of benzene rings is 1. The van der Waals surface area contributed by atoms with Gasteiger partial charge in [-0.1, -0.05) is 18.2 Å². The maximum Gasteiger partial charge on any atom is 0.332 e. The van der Waals surface area contributed by atoms with Crippen LogP contribution in [0.25, 0.3) is 0 Å². The topological polar surface area (TPSA) is 105 Å². The Kier molecular flexibility index (Phi) is 3.52. The number of nitrogens with zero attached hydrogens (tertiary/aromatic N) is 3. The van der Waals surface area contributed by atoms with Crippen LogP contribution < -0.4 is 26.8 Å². The number of hydrogen-bond acceptors (Lipinski definition) is 4. The van der Waals surface area contributed by atoms with E-state index < -0.39 is 28.7 Å². The van der Waals surface area contributed by atoms with Crippen LogP contribution in [0.15, 0.2) is 33.9 Å². The van der Waals surface area contributed by atoms with E-state index in [0.29, 0.717) is 11.3 Å². The lowest BCUT2D eigenvalue weighted by Gasteiger charge is -2.36. The van der Waals surface area contributed by atoms with Crippen molar-refractivity contribution in [3.63, 3.8) is 0 Å². The molecule has 0 aliphatic carbocycles. The summed E-state index contributed by atoms with van der Waals surface area (Å²) in [5.74, 6) is -0.375. The molecule has 9 heteroatoms. The highest BCUT2D eigenvalue weighted by Gasteiger charge is 2.57. The summed E-state index contributed by atoms with van der Waals surface area (Å²) < 4.78 is 2.40. The number of urea groups is 1. The lowest BCUT2D eigenvalue weighted by Crippen LogP contribution is -2.62. The van der Waals surface area contributed by atoms with Crippen LogP contribution in [0.1, 0.15) is 25.0 Å². The summed E-state index contributed by atoms with van der Waals surface area (Å²) in [6.07, 6.45) is 0. The number of likely N-dealkylation sites (N-methyl/N-ethyl adjacent to an activating group) is 1. The van der Waals surface area contributed by atoms with Crippen LogP contribution in [0.2, 0.25) is 0 Å². The summed E-state index contributed by atoms with van der Waals surface area (Å²) in [5, 5.41) is 5.24. The standard InChI is InChI=1S/C18H19N5O4/c1-4-22-13-12(14(24)23(5-2)17(22)27)18(20-16(26)19-13)10-8-6-7-9-11(10)21(3)15(18)25/h6-9H,4-5H2,1-3H3,(H2,19,20,26). The van der Waals surface area contributed by atoms with Crippen molar-refractivity contribution >= 4 is 23.4 Å². The number of carbonyl (C=O) groups excluding carboxylic acids is 2. The van der Waals surface area contributed by atoms with Gasteiger partial charge in [-0.05, 0) is 19.9 Å². The number of para-hydroxylation sites is 1. The minimum absolute atomic E-state index is 0.0622. The van der Waals surface area contributed by atoms with Gasteiger partial charge in [0.2, 0.25) is 0 Å². The first-order chi connectivity index (χ1) is 12.9. The Morgan fingerprint density at radius 2 is 1.67 bits per heavy atom. The zero-order valence-electron chi connectivity index (χ0n) is 15.2. The third kappa shape index (κ3) is 1.93. The van der Waals surface area contributed by atoms with Crippen molar-refractivity contribution in [1.29, 1.82) is 0 Å². The van der Waals surface area contributed by atoms with Crippen molar-refractivity contribution in [2.75, 3.05) is 17.3 Å². The van der Waals surface area contributed by atoms with Gasteiger partial charge in [0.15, 0.2) is 5.54 Å². The Balaban J connectivity index is 2.21. The molecule has 27 heavy (non-hydrogen) atoms. The first kappa shape index (κ1) is 17.1. The Morgan fingerprint density at radius 3 is 2.33 bits per heavy atom. The van der Waals surface area contributed by atoms with Gasteiger partial charge in [-0.2, -0.15) is 0 Å². The van der Waals surface area contributed by atoms with E-state index in [2.05, 4.69) is 10.6 Å². The van der Waals surface area contributed by atoms with E-state index in [4.69, 9.17) is 0 Å². The van der Waals surface area contributed by atoms with E-state index in [1.165, 1.54) is 9.47 Å². The van der Waals surface area contributed by atoms with Crippen molar-refractivity contribution in [1.82, 2.24) is 14.5 Å². The molecule has 140 valence electrons. The van der Waals surface area contributed by atoms with Crippen LogP contribution in [0, 0.1) is 0 Å². The van der Waals surface area contributed by atoms with Gasteiger partial charge in [0.1, 0.15) is 5.82 Å². The summed E-state index contributed by atoms with van der Waals surface area (Å²) in [6, 6.07) is 6.35. The van der Waals surface area contributed by atoms with Gasteiger partial charge in [0, 0.05) is 31.4 Å². The fraction of sp³-hybridized carbons (Fsp3) is 0.333. The molecule has 0 fully saturated rings. The number of hydrogen-bond donors (Lipinski definition) is 2. The van der Waals surface area contributed by atoms with Crippen molar-refractivity contribution in [3.05, 3.63) is 56.2 Å². The second-order valence-corrected chi connectivity index (χ2v) is 6.51. The van der Waals surface area contributed by atoms with Gasteiger partial charge in [-0.15, -0.1) is 0 Å². The quantitative estimate of drug-likeness (QED) is 0.799. The van der Waals surface area contributed by atoms with Crippen LogP contribution in [0.3, 0.4) is 0 Å². The highest BCUT2D eigenvalue weighted by molar-refractivity contribution is 6.14. The fourth-order valence-electron chi connectivity index (χ4n) is 4.03. The fourth-order valence-corrected chi connectivity index (χ4v) is 4.03. The second kappa shape index (κ2) is 5.57. The van der Waals surface area contributed by atoms with Crippen molar-refractivity contribution in [3.8, 4) is 0 Å². The van der Waals surface area contributed by atoms with E-state index in [0.717, 1.165) is 4.57 Å². The van der Waals surface area contributed by atoms with Gasteiger partial charge in [-0.3, -0.25) is 24.0 Å². The smallest absolute Gasteiger partial charge is 0.315 e. The molecule has 1 aromatic heterocycles. The number of nitrogens with one attached hydrogen (secondary N) is 2. The molecule has 2 aliphatic rings. The molecule has 1 spiro atoms. The first-order valence-corrected chi connectivity index (χ1v) is 8.73. The van der Waals surface area contributed by atoms with Crippen molar-refractivity contribution in [2.45, 2.75) is 32.5 Å². The Labute approximate surface area is 154 Å². The Hall–Kier alpha value is -3.36. The Morgan fingerprint density at radius 1 is 1.00 bits per heavy atom. The zero-order chi connectivity index (χ0) is 19.5. The normalized spacial score (nSPS) is 20.3. The number of carbonyl (C=O) groups is 2. The molecular weight excluding hydrogens is 350 g/mol. The average molecular weight is 369 g/mol. The molecular formula is C18H19N5O4. The number of aromatic nitrogens is 2. The van der Waals surface area contributed by atoms with Crippen LogP contribution >= 0.6 is 0 Å². The van der Waals surface area contributed by atoms with Gasteiger partial charge < -0.3 is 10.2 Å². The maximum atomic E-state index is 13.3. The number of fused-ring (bicyclic) bond motifs is 4. The highest BCUT2D eigenvalue weighted by atomic mass is 16.2. The summed E-state index contributed by atoms with van der Waals surface area (Å²) in [7, 11) is 1.60. The van der Waals surface area contributed by atoms with Gasteiger partial charge >= 0.3 is 11.7 Å². The van der Waals surface area contributed by atoms with Gasteiger partial charge in [0.25, 0.3) is 11.5 Å². The lowest BCUT2D eigenvalue weighted by molar-refractivity contribution is -0.122. The molecule has 1 unspecified atom stereocenters. The second-order valence-electron chi connectivity index (χ2n) is 6.51. The molecule has 9 nitrogen and oxygen atoms in total. The third-order valence-corrected chi connectivity index (χ3v) is 5.26. The number of anilines is 2. The van der Waals surface area contributed by atoms with Crippen LogP contribution in [-0.4, -0.2) is 28.1 Å². The third-order valence-electron chi connectivity index (χ3n) is 5.26. The molecule has 3 amide bonds. The molecule has 2 aromatic rings. The maximum absolute atomic E-state index is 13.3. The van der Waals surface area contributed by atoms with E-state index >= 15 is 0 Å². The van der Waals surface area contributed by atoms with Crippen LogP contribution in [0.5, 0.6) is 0 Å². The molecule has 1 aromatic carbocycles. The first-order valence-electron chi connectivity index (χ1n) is 8.73. The molecule has 0 radical (unpaired) electrons. The van der Waals surface area contributed by atoms with Crippen LogP contribution in [0.4, 0.5) is 16.3 Å². The van der Waals surface area contributed by atoms with E-state index in [1.807, 2.05) is 0 Å². The minimum atomic E-state index is -1.67. The molecule has 0 saturated carbocycles. The predicted octanol–water partition coefficient (Wildman–Crippen LogP) is 0.405. The summed E-state index contributed by atoms with van der Waals surface area (Å²) in [6.45, 7) is 3.82. The molecule has 4 rings (SSSR count). The lowest BCUT2D eigenvalue weighted by atomic mass is 9.83. The SMILES string of the molecule is CCn1c2c(c(=O)n(CC)c1=O)C1(NC(=O)N2)C(=O)N(C)c2ccccc21. The van der Waals surface area contributed by atoms with E-state index in [1.54, 1.807) is 45.2 Å². The summed E-state index contributed by atoms with van der Waals surface area (Å²) in [4.78, 5) is 53.2. The molecule has 2 N–H and O–H groups in total. The molecule has 0 bridgehead atoms.